The lowest BCUT2D eigenvalue weighted by molar-refractivity contribution is -0.114. The van der Waals surface area contributed by atoms with E-state index in [1.807, 2.05) is 29.0 Å². The van der Waals surface area contributed by atoms with Gasteiger partial charge in [0.25, 0.3) is 5.91 Å². The maximum Gasteiger partial charge on any atom is 0.283 e. The highest BCUT2D eigenvalue weighted by Gasteiger charge is 2.36. The van der Waals surface area contributed by atoms with E-state index < -0.39 is 5.91 Å². The molecule has 8 heteroatoms. The molecule has 2 aliphatic rings. The van der Waals surface area contributed by atoms with E-state index >= 15 is 0 Å². The number of para-hydroxylation sites is 1. The SMILES string of the molecule is Cc1cccc(C)c1-n1cccc1/C=C1/C(=N)N2N=C(c3ccco3)SC2=NC1=O. The van der Waals surface area contributed by atoms with E-state index in [0.29, 0.717) is 16.0 Å². The fourth-order valence-corrected chi connectivity index (χ4v) is 4.40. The minimum Gasteiger partial charge on any atom is -0.462 e. The average Bonchev–Trinajstić information content (AvgIpc) is 3.46. The highest BCUT2D eigenvalue weighted by Crippen LogP contribution is 2.31. The Morgan fingerprint density at radius 3 is 2.63 bits per heavy atom. The second-order valence-corrected chi connectivity index (χ2v) is 7.90. The number of amides is 1. The Hall–Kier alpha value is -3.65. The number of nitrogens with zero attached hydrogens (tertiary/aromatic N) is 4. The molecule has 0 saturated heterocycles. The Kier molecular flexibility index (Phi) is 4.29. The number of hydrazone groups is 1. The van der Waals surface area contributed by atoms with Crippen molar-refractivity contribution in [2.24, 2.45) is 10.1 Å². The number of amidine groups is 2. The fraction of sp³-hybridized carbons (Fsp3) is 0.0909. The zero-order chi connectivity index (χ0) is 20.8. The maximum absolute atomic E-state index is 12.7. The Morgan fingerprint density at radius 1 is 1.10 bits per heavy atom. The van der Waals surface area contributed by atoms with Crippen molar-refractivity contribution in [1.82, 2.24) is 9.58 Å². The van der Waals surface area contributed by atoms with Crippen molar-refractivity contribution in [1.29, 1.82) is 5.41 Å². The molecule has 0 unspecified atom stereocenters. The van der Waals surface area contributed by atoms with Crippen molar-refractivity contribution in [3.8, 4) is 5.69 Å². The topological polar surface area (TPSA) is 86.9 Å². The molecule has 4 heterocycles. The van der Waals surface area contributed by atoms with Crippen LogP contribution in [-0.2, 0) is 4.79 Å². The quantitative estimate of drug-likeness (QED) is 0.644. The van der Waals surface area contributed by atoms with E-state index in [1.165, 1.54) is 16.8 Å². The van der Waals surface area contributed by atoms with Crippen LogP contribution >= 0.6 is 11.8 Å². The van der Waals surface area contributed by atoms with E-state index in [9.17, 15) is 4.79 Å². The van der Waals surface area contributed by atoms with Crippen molar-refractivity contribution in [2.45, 2.75) is 13.8 Å². The molecule has 0 aliphatic carbocycles. The van der Waals surface area contributed by atoms with Gasteiger partial charge in [-0.3, -0.25) is 10.2 Å². The molecule has 0 atom stereocenters. The van der Waals surface area contributed by atoms with Crippen LogP contribution in [-0.4, -0.2) is 31.5 Å². The molecule has 2 aromatic heterocycles. The molecule has 0 bridgehead atoms. The van der Waals surface area contributed by atoms with Crippen molar-refractivity contribution < 1.29 is 9.21 Å². The number of aliphatic imine (C=N–C) groups is 1. The van der Waals surface area contributed by atoms with Gasteiger partial charge in [-0.1, -0.05) is 18.2 Å². The molecule has 0 spiro atoms. The fourth-order valence-electron chi connectivity index (χ4n) is 3.54. The highest BCUT2D eigenvalue weighted by molar-refractivity contribution is 8.27. The van der Waals surface area contributed by atoms with Crippen molar-refractivity contribution >= 4 is 39.8 Å². The summed E-state index contributed by atoms with van der Waals surface area (Å²) in [6.07, 6.45) is 5.20. The molecule has 1 amide bonds. The number of furan rings is 1. The first-order valence-electron chi connectivity index (χ1n) is 9.31. The molecule has 30 heavy (non-hydrogen) atoms. The summed E-state index contributed by atoms with van der Waals surface area (Å²) < 4.78 is 7.40. The van der Waals surface area contributed by atoms with Crippen LogP contribution in [0, 0.1) is 19.3 Å². The van der Waals surface area contributed by atoms with Gasteiger partial charge in [0.05, 0.1) is 17.5 Å². The number of thioether (sulfide) groups is 1. The third kappa shape index (κ3) is 2.93. The van der Waals surface area contributed by atoms with Crippen LogP contribution in [0.15, 0.2) is 75.0 Å². The summed E-state index contributed by atoms with van der Waals surface area (Å²) in [6, 6.07) is 13.5. The summed E-state index contributed by atoms with van der Waals surface area (Å²) in [5.74, 6) is 0.115. The van der Waals surface area contributed by atoms with Gasteiger partial charge in [-0.15, -0.1) is 0 Å². The van der Waals surface area contributed by atoms with Crippen LogP contribution in [0.4, 0.5) is 0 Å². The second kappa shape index (κ2) is 7.00. The molecule has 2 aliphatic heterocycles. The largest absolute Gasteiger partial charge is 0.462 e. The first kappa shape index (κ1) is 18.4. The summed E-state index contributed by atoms with van der Waals surface area (Å²) in [6.45, 7) is 4.10. The number of aromatic nitrogens is 1. The van der Waals surface area contributed by atoms with Gasteiger partial charge in [0, 0.05) is 11.9 Å². The number of rotatable bonds is 3. The number of benzene rings is 1. The molecule has 1 aromatic carbocycles. The number of hydrogen-bond acceptors (Lipinski definition) is 5. The predicted molar refractivity (Wildman–Crippen MR) is 118 cm³/mol. The van der Waals surface area contributed by atoms with Crippen LogP contribution < -0.4 is 0 Å². The smallest absolute Gasteiger partial charge is 0.283 e. The Morgan fingerprint density at radius 2 is 1.90 bits per heavy atom. The van der Waals surface area contributed by atoms with Gasteiger partial charge < -0.3 is 8.98 Å². The predicted octanol–water partition coefficient (Wildman–Crippen LogP) is 4.35. The van der Waals surface area contributed by atoms with Gasteiger partial charge >= 0.3 is 0 Å². The minimum absolute atomic E-state index is 0.00619. The van der Waals surface area contributed by atoms with Gasteiger partial charge in [-0.25, -0.2) is 0 Å². The summed E-state index contributed by atoms with van der Waals surface area (Å²) in [5.41, 5.74) is 4.29. The van der Waals surface area contributed by atoms with Gasteiger partial charge in [-0.2, -0.15) is 15.1 Å². The molecular formula is C22H17N5O2S. The van der Waals surface area contributed by atoms with Crippen molar-refractivity contribution in [2.75, 3.05) is 0 Å². The van der Waals surface area contributed by atoms with E-state index in [1.54, 1.807) is 24.5 Å². The number of carbonyl (C=O) groups is 1. The van der Waals surface area contributed by atoms with Crippen LogP contribution in [0.5, 0.6) is 0 Å². The second-order valence-electron chi connectivity index (χ2n) is 6.95. The van der Waals surface area contributed by atoms with Crippen molar-refractivity contribution in [3.05, 3.63) is 83.1 Å². The van der Waals surface area contributed by atoms with Crippen LogP contribution in [0.25, 0.3) is 11.8 Å². The number of fused-ring (bicyclic) bond motifs is 1. The van der Waals surface area contributed by atoms with Crippen LogP contribution in [0.3, 0.4) is 0 Å². The van der Waals surface area contributed by atoms with E-state index in [-0.39, 0.29) is 11.4 Å². The Balaban J connectivity index is 1.55. The molecule has 148 valence electrons. The Bertz CT molecular complexity index is 1260. The van der Waals surface area contributed by atoms with E-state index in [0.717, 1.165) is 22.5 Å². The molecule has 0 saturated carbocycles. The van der Waals surface area contributed by atoms with Crippen molar-refractivity contribution in [3.63, 3.8) is 0 Å². The summed E-state index contributed by atoms with van der Waals surface area (Å²) in [5, 5.41) is 15.3. The lowest BCUT2D eigenvalue weighted by atomic mass is 10.1. The molecule has 5 rings (SSSR count). The zero-order valence-corrected chi connectivity index (χ0v) is 17.1. The lowest BCUT2D eigenvalue weighted by Crippen LogP contribution is -2.35. The highest BCUT2D eigenvalue weighted by atomic mass is 32.2. The van der Waals surface area contributed by atoms with E-state index in [4.69, 9.17) is 9.83 Å². The summed E-state index contributed by atoms with van der Waals surface area (Å²) in [4.78, 5) is 16.9. The van der Waals surface area contributed by atoms with Gasteiger partial charge in [0.1, 0.15) is 0 Å². The molecule has 1 N–H and O–H groups in total. The number of hydrogen-bond donors (Lipinski definition) is 1. The Labute approximate surface area is 176 Å². The minimum atomic E-state index is -0.455. The number of carbonyl (C=O) groups excluding carboxylic acids is 1. The molecule has 0 radical (unpaired) electrons. The number of aryl methyl sites for hydroxylation is 2. The third-order valence-electron chi connectivity index (χ3n) is 4.94. The number of nitrogens with one attached hydrogen (secondary N) is 1. The molecule has 7 nitrogen and oxygen atoms in total. The average molecular weight is 415 g/mol. The van der Waals surface area contributed by atoms with Crippen LogP contribution in [0.2, 0.25) is 0 Å². The maximum atomic E-state index is 12.7. The normalized spacial score (nSPS) is 17.4. The first-order chi connectivity index (χ1) is 14.5. The van der Waals surface area contributed by atoms with Crippen LogP contribution in [0.1, 0.15) is 22.6 Å². The third-order valence-corrected chi connectivity index (χ3v) is 5.86. The van der Waals surface area contributed by atoms with Gasteiger partial charge in [0.2, 0.25) is 5.17 Å². The van der Waals surface area contributed by atoms with Gasteiger partial charge in [-0.05, 0) is 67.1 Å². The molecule has 3 aromatic rings. The summed E-state index contributed by atoms with van der Waals surface area (Å²) >= 11 is 1.21. The first-order valence-corrected chi connectivity index (χ1v) is 10.1. The molecular weight excluding hydrogens is 398 g/mol. The van der Waals surface area contributed by atoms with E-state index in [2.05, 4.69) is 36.1 Å². The lowest BCUT2D eigenvalue weighted by Gasteiger charge is -2.20. The zero-order valence-electron chi connectivity index (χ0n) is 16.3. The standard InChI is InChI=1S/C22H17N5O2S/c1-13-6-3-7-14(2)18(13)26-10-4-8-15(26)12-16-19(23)27-22(24-20(16)28)30-21(25-27)17-9-5-11-29-17/h3-12,23H,1-2H3/b16-12-,23-19?. The molecule has 0 fully saturated rings. The summed E-state index contributed by atoms with van der Waals surface area (Å²) in [7, 11) is 0. The monoisotopic (exact) mass is 415 g/mol. The van der Waals surface area contributed by atoms with Gasteiger partial charge in [0.15, 0.2) is 16.6 Å².